The molecule has 1 aromatic rings. The maximum atomic E-state index is 12.5. The number of hydrogen-bond donors (Lipinski definition) is 2. The van der Waals surface area contributed by atoms with Crippen LogP contribution in [0.1, 0.15) is 17.3 Å². The Bertz CT molecular complexity index is 623. The van der Waals surface area contributed by atoms with Crippen LogP contribution in [0.25, 0.3) is 0 Å². The number of sulfonamides is 1. The smallest absolute Gasteiger partial charge is 0.339 e. The minimum absolute atomic E-state index is 0.0229. The normalized spacial score (nSPS) is 16.6. The molecule has 7 nitrogen and oxygen atoms in total. The van der Waals surface area contributed by atoms with Gasteiger partial charge in [0.2, 0.25) is 10.0 Å². The van der Waals surface area contributed by atoms with Crippen molar-refractivity contribution in [1.29, 1.82) is 0 Å². The molecule has 2 N–H and O–H groups in total. The molecule has 21 heavy (non-hydrogen) atoms. The molecule has 1 aliphatic rings. The molecule has 0 atom stereocenters. The first-order valence-corrected chi connectivity index (χ1v) is 8.12. The number of benzene rings is 1. The molecule has 0 radical (unpaired) electrons. The van der Waals surface area contributed by atoms with Gasteiger partial charge in [-0.25, -0.2) is 13.2 Å². The number of ether oxygens (including phenoxy) is 1. The van der Waals surface area contributed by atoms with Crippen molar-refractivity contribution in [1.82, 2.24) is 9.62 Å². The first-order chi connectivity index (χ1) is 9.96. The highest BCUT2D eigenvalue weighted by molar-refractivity contribution is 7.89. The van der Waals surface area contributed by atoms with Crippen LogP contribution in [0, 0.1) is 0 Å². The number of nitrogens with zero attached hydrogens (tertiary/aromatic N) is 1. The number of rotatable bonds is 5. The number of aromatic carboxylic acids is 1. The van der Waals surface area contributed by atoms with Gasteiger partial charge in [-0.15, -0.1) is 0 Å². The van der Waals surface area contributed by atoms with Crippen LogP contribution in [-0.4, -0.2) is 56.6 Å². The van der Waals surface area contributed by atoms with Gasteiger partial charge in [0.05, 0.1) is 11.5 Å². The fraction of sp³-hybridized carbons (Fsp3) is 0.462. The van der Waals surface area contributed by atoms with Crippen molar-refractivity contribution in [3.05, 3.63) is 23.8 Å². The topological polar surface area (TPSA) is 95.9 Å². The van der Waals surface area contributed by atoms with Crippen molar-refractivity contribution in [2.24, 2.45) is 0 Å². The van der Waals surface area contributed by atoms with E-state index in [0.29, 0.717) is 32.8 Å². The molecule has 1 saturated heterocycles. The molecule has 1 fully saturated rings. The Kier molecular flexibility index (Phi) is 4.81. The number of piperazine rings is 1. The number of carboxylic acid groups (broad SMARTS) is 1. The second-order valence-electron chi connectivity index (χ2n) is 4.55. The third kappa shape index (κ3) is 3.34. The molecular formula is C13H18N2O5S. The molecule has 1 heterocycles. The molecule has 1 aliphatic heterocycles. The number of hydrogen-bond acceptors (Lipinski definition) is 5. The molecule has 0 amide bonds. The minimum Gasteiger partial charge on any atom is -0.493 e. The monoisotopic (exact) mass is 314 g/mol. The third-order valence-corrected chi connectivity index (χ3v) is 5.09. The number of nitrogens with one attached hydrogen (secondary N) is 1. The summed E-state index contributed by atoms with van der Waals surface area (Å²) in [6.07, 6.45) is 0. The maximum Gasteiger partial charge on any atom is 0.339 e. The molecule has 0 saturated carbocycles. The summed E-state index contributed by atoms with van der Waals surface area (Å²) in [5, 5.41) is 12.3. The van der Waals surface area contributed by atoms with Crippen LogP contribution in [0.4, 0.5) is 0 Å². The summed E-state index contributed by atoms with van der Waals surface area (Å²) in [6, 6.07) is 3.93. The lowest BCUT2D eigenvalue weighted by Crippen LogP contribution is -2.46. The summed E-state index contributed by atoms with van der Waals surface area (Å²) in [6.45, 7) is 3.96. The summed E-state index contributed by atoms with van der Waals surface area (Å²) in [5.74, 6) is -1.04. The molecule has 0 unspecified atom stereocenters. The summed E-state index contributed by atoms with van der Waals surface area (Å²) in [4.78, 5) is 11.2. The van der Waals surface area contributed by atoms with Crippen LogP contribution < -0.4 is 10.1 Å². The Labute approximate surface area is 123 Å². The Morgan fingerprint density at radius 1 is 1.38 bits per heavy atom. The van der Waals surface area contributed by atoms with Gasteiger partial charge in [0.1, 0.15) is 11.3 Å². The molecule has 8 heteroatoms. The van der Waals surface area contributed by atoms with Crippen LogP contribution in [0.5, 0.6) is 5.75 Å². The first-order valence-electron chi connectivity index (χ1n) is 6.68. The van der Waals surface area contributed by atoms with Gasteiger partial charge in [-0.05, 0) is 25.1 Å². The van der Waals surface area contributed by atoms with Crippen LogP contribution in [0.2, 0.25) is 0 Å². The van der Waals surface area contributed by atoms with Crippen molar-refractivity contribution in [3.63, 3.8) is 0 Å². The Hall–Kier alpha value is -1.64. The number of carbonyl (C=O) groups is 1. The van der Waals surface area contributed by atoms with E-state index >= 15 is 0 Å². The van der Waals surface area contributed by atoms with Gasteiger partial charge in [0.25, 0.3) is 0 Å². The fourth-order valence-electron chi connectivity index (χ4n) is 2.15. The van der Waals surface area contributed by atoms with Crippen molar-refractivity contribution >= 4 is 16.0 Å². The highest BCUT2D eigenvalue weighted by Gasteiger charge is 2.27. The lowest BCUT2D eigenvalue weighted by molar-refractivity contribution is 0.0692. The van der Waals surface area contributed by atoms with E-state index in [1.807, 2.05) is 0 Å². The van der Waals surface area contributed by atoms with Gasteiger partial charge in [-0.2, -0.15) is 4.31 Å². The molecule has 0 bridgehead atoms. The van der Waals surface area contributed by atoms with Gasteiger partial charge in [-0.1, -0.05) is 0 Å². The molecule has 0 aliphatic carbocycles. The molecule has 0 spiro atoms. The van der Waals surface area contributed by atoms with Gasteiger partial charge >= 0.3 is 5.97 Å². The lowest BCUT2D eigenvalue weighted by Gasteiger charge is -2.26. The van der Waals surface area contributed by atoms with Crippen molar-refractivity contribution in [2.75, 3.05) is 32.8 Å². The van der Waals surface area contributed by atoms with Crippen molar-refractivity contribution in [2.45, 2.75) is 11.8 Å². The Morgan fingerprint density at radius 3 is 2.62 bits per heavy atom. The summed E-state index contributed by atoms with van der Waals surface area (Å²) < 4.78 is 31.6. The highest BCUT2D eigenvalue weighted by Crippen LogP contribution is 2.25. The Morgan fingerprint density at radius 2 is 2.05 bits per heavy atom. The average molecular weight is 314 g/mol. The molecule has 2 rings (SSSR count). The predicted molar refractivity (Wildman–Crippen MR) is 76.2 cm³/mol. The third-order valence-electron chi connectivity index (χ3n) is 3.20. The Balaban J connectivity index is 2.39. The molecule has 116 valence electrons. The largest absolute Gasteiger partial charge is 0.493 e. The zero-order chi connectivity index (χ0) is 15.5. The van der Waals surface area contributed by atoms with E-state index in [1.54, 1.807) is 6.92 Å². The van der Waals surface area contributed by atoms with E-state index in [2.05, 4.69) is 5.32 Å². The minimum atomic E-state index is -3.68. The first kappa shape index (κ1) is 15.7. The zero-order valence-electron chi connectivity index (χ0n) is 11.7. The van der Waals surface area contributed by atoms with E-state index in [-0.39, 0.29) is 16.2 Å². The van der Waals surface area contributed by atoms with Gasteiger partial charge < -0.3 is 15.2 Å². The molecule has 1 aromatic carbocycles. The van der Waals surface area contributed by atoms with E-state index in [0.717, 1.165) is 6.07 Å². The maximum absolute atomic E-state index is 12.5. The van der Waals surface area contributed by atoms with E-state index in [4.69, 9.17) is 4.74 Å². The fourth-order valence-corrected chi connectivity index (χ4v) is 3.62. The van der Waals surface area contributed by atoms with Crippen molar-refractivity contribution in [3.8, 4) is 5.75 Å². The van der Waals surface area contributed by atoms with Gasteiger partial charge in [-0.3, -0.25) is 0 Å². The van der Waals surface area contributed by atoms with Crippen LogP contribution in [0.15, 0.2) is 23.1 Å². The SMILES string of the molecule is CCOc1ccc(S(=O)(=O)N2CCNCC2)cc1C(=O)O. The molecular weight excluding hydrogens is 296 g/mol. The second-order valence-corrected chi connectivity index (χ2v) is 6.49. The predicted octanol–water partition coefficient (Wildman–Crippen LogP) is 0.377. The summed E-state index contributed by atoms with van der Waals surface area (Å²) in [7, 11) is -3.68. The van der Waals surface area contributed by atoms with E-state index < -0.39 is 16.0 Å². The molecule has 0 aromatic heterocycles. The van der Waals surface area contributed by atoms with Gasteiger partial charge in [0.15, 0.2) is 0 Å². The standard InChI is InChI=1S/C13H18N2O5S/c1-2-20-12-4-3-10(9-11(12)13(16)17)21(18,19)15-7-5-14-6-8-15/h3-4,9,14H,2,5-8H2,1H3,(H,16,17). The average Bonchev–Trinajstić information content (AvgIpc) is 2.48. The number of carboxylic acids is 1. The summed E-state index contributed by atoms with van der Waals surface area (Å²) >= 11 is 0. The van der Waals surface area contributed by atoms with Crippen molar-refractivity contribution < 1.29 is 23.1 Å². The quantitative estimate of drug-likeness (QED) is 0.815. The second kappa shape index (κ2) is 6.42. The van der Waals surface area contributed by atoms with Crippen LogP contribution >= 0.6 is 0 Å². The highest BCUT2D eigenvalue weighted by atomic mass is 32.2. The zero-order valence-corrected chi connectivity index (χ0v) is 12.5. The van der Waals surface area contributed by atoms with E-state index in [9.17, 15) is 18.3 Å². The van der Waals surface area contributed by atoms with Gasteiger partial charge in [0, 0.05) is 26.2 Å². The lowest BCUT2D eigenvalue weighted by atomic mass is 10.2. The van der Waals surface area contributed by atoms with Crippen LogP contribution in [0.3, 0.4) is 0 Å². The van der Waals surface area contributed by atoms with E-state index in [1.165, 1.54) is 16.4 Å². The summed E-state index contributed by atoms with van der Waals surface area (Å²) in [5.41, 5.74) is -0.145. The van der Waals surface area contributed by atoms with Crippen LogP contribution in [-0.2, 0) is 10.0 Å².